The van der Waals surface area contributed by atoms with Crippen molar-refractivity contribution in [3.63, 3.8) is 0 Å². The van der Waals surface area contributed by atoms with Crippen LogP contribution in [0.5, 0.6) is 5.75 Å². The van der Waals surface area contributed by atoms with E-state index in [1.807, 2.05) is 20.0 Å². The zero-order chi connectivity index (χ0) is 14.8. The second kappa shape index (κ2) is 6.10. The number of ether oxygens (including phenoxy) is 1. The third kappa shape index (κ3) is 3.30. The molecule has 20 heavy (non-hydrogen) atoms. The van der Waals surface area contributed by atoms with Crippen LogP contribution in [0.4, 0.5) is 0 Å². The molecule has 1 aromatic rings. The molecule has 1 N–H and O–H groups in total. The highest BCUT2D eigenvalue weighted by molar-refractivity contribution is 5.41. The predicted molar refractivity (Wildman–Crippen MR) is 80.3 cm³/mol. The fourth-order valence-electron chi connectivity index (χ4n) is 3.05. The zero-order valence-corrected chi connectivity index (χ0v) is 13.1. The number of pyridine rings is 1. The summed E-state index contributed by atoms with van der Waals surface area (Å²) in [5.41, 5.74) is 2.42. The van der Waals surface area contributed by atoms with Crippen molar-refractivity contribution in [3.8, 4) is 5.75 Å². The summed E-state index contributed by atoms with van der Waals surface area (Å²) >= 11 is 0. The average molecular weight is 278 g/mol. The molecule has 2 heterocycles. The number of methoxy groups -OCH3 is 1. The Morgan fingerprint density at radius 3 is 2.80 bits per heavy atom. The Morgan fingerprint density at radius 1 is 1.35 bits per heavy atom. The lowest BCUT2D eigenvalue weighted by Crippen LogP contribution is -2.33. The SMILES string of the molecule is COc1c(C)cnc(CC2(O)CCCN(C)CC2)c1C. The molecule has 1 unspecified atom stereocenters. The Morgan fingerprint density at radius 2 is 2.10 bits per heavy atom. The first kappa shape index (κ1) is 15.3. The summed E-state index contributed by atoms with van der Waals surface area (Å²) in [4.78, 5) is 6.81. The topological polar surface area (TPSA) is 45.6 Å². The second-order valence-corrected chi connectivity index (χ2v) is 6.10. The molecule has 4 heteroatoms. The minimum Gasteiger partial charge on any atom is -0.496 e. The summed E-state index contributed by atoms with van der Waals surface area (Å²) in [6.45, 7) is 6.03. The third-order valence-corrected chi connectivity index (χ3v) is 4.39. The van der Waals surface area contributed by atoms with Crippen LogP contribution in [0.2, 0.25) is 0 Å². The zero-order valence-electron chi connectivity index (χ0n) is 13.1. The van der Waals surface area contributed by atoms with Gasteiger partial charge in [-0.1, -0.05) is 0 Å². The minimum atomic E-state index is -0.636. The molecule has 0 spiro atoms. The normalized spacial score (nSPS) is 24.4. The molecule has 112 valence electrons. The summed E-state index contributed by atoms with van der Waals surface area (Å²) in [5.74, 6) is 0.893. The van der Waals surface area contributed by atoms with E-state index in [9.17, 15) is 5.11 Å². The number of aromatic nitrogens is 1. The van der Waals surface area contributed by atoms with Crippen LogP contribution in [0.15, 0.2) is 6.20 Å². The van der Waals surface area contributed by atoms with Crippen LogP contribution in [0.1, 0.15) is 36.1 Å². The summed E-state index contributed by atoms with van der Waals surface area (Å²) in [6, 6.07) is 0. The number of likely N-dealkylation sites (tertiary alicyclic amines) is 1. The monoisotopic (exact) mass is 278 g/mol. The molecule has 0 saturated carbocycles. The van der Waals surface area contributed by atoms with E-state index in [0.717, 1.165) is 54.9 Å². The van der Waals surface area contributed by atoms with Gasteiger partial charge in [0.1, 0.15) is 5.75 Å². The van der Waals surface area contributed by atoms with Gasteiger partial charge in [0.15, 0.2) is 0 Å². The molecule has 1 fully saturated rings. The highest BCUT2D eigenvalue weighted by Gasteiger charge is 2.31. The highest BCUT2D eigenvalue weighted by Crippen LogP contribution is 2.30. The van der Waals surface area contributed by atoms with Crippen molar-refractivity contribution in [1.29, 1.82) is 0 Å². The van der Waals surface area contributed by atoms with Gasteiger partial charge in [-0.05, 0) is 46.7 Å². The number of aryl methyl sites for hydroxylation is 1. The van der Waals surface area contributed by atoms with Gasteiger partial charge in [0, 0.05) is 36.0 Å². The lowest BCUT2D eigenvalue weighted by Gasteiger charge is -2.27. The van der Waals surface area contributed by atoms with Crippen molar-refractivity contribution in [2.45, 2.75) is 45.1 Å². The average Bonchev–Trinajstić information content (AvgIpc) is 2.56. The Hall–Kier alpha value is -1.13. The second-order valence-electron chi connectivity index (χ2n) is 6.10. The maximum Gasteiger partial charge on any atom is 0.128 e. The number of aliphatic hydroxyl groups is 1. The van der Waals surface area contributed by atoms with Crippen molar-refractivity contribution < 1.29 is 9.84 Å². The van der Waals surface area contributed by atoms with Gasteiger partial charge in [-0.3, -0.25) is 4.98 Å². The molecular formula is C16H26N2O2. The van der Waals surface area contributed by atoms with E-state index in [0.29, 0.717) is 6.42 Å². The fourth-order valence-corrected chi connectivity index (χ4v) is 3.05. The number of hydrogen-bond acceptors (Lipinski definition) is 4. The van der Waals surface area contributed by atoms with Crippen molar-refractivity contribution >= 4 is 0 Å². The number of hydrogen-bond donors (Lipinski definition) is 1. The van der Waals surface area contributed by atoms with E-state index >= 15 is 0 Å². The van der Waals surface area contributed by atoms with Crippen molar-refractivity contribution in [1.82, 2.24) is 9.88 Å². The molecule has 1 aromatic heterocycles. The molecule has 2 rings (SSSR count). The van der Waals surface area contributed by atoms with Crippen molar-refractivity contribution in [2.75, 3.05) is 27.2 Å². The largest absolute Gasteiger partial charge is 0.496 e. The van der Waals surface area contributed by atoms with Crippen molar-refractivity contribution in [3.05, 3.63) is 23.0 Å². The Kier molecular flexibility index (Phi) is 4.66. The minimum absolute atomic E-state index is 0.614. The van der Waals surface area contributed by atoms with Gasteiger partial charge in [-0.2, -0.15) is 0 Å². The van der Waals surface area contributed by atoms with E-state index in [2.05, 4.69) is 16.9 Å². The molecule has 0 aliphatic carbocycles. The van der Waals surface area contributed by atoms with Crippen LogP contribution in [0.25, 0.3) is 0 Å². The van der Waals surface area contributed by atoms with Gasteiger partial charge in [0.2, 0.25) is 0 Å². The maximum absolute atomic E-state index is 10.9. The maximum atomic E-state index is 10.9. The van der Waals surface area contributed by atoms with E-state index in [1.165, 1.54) is 0 Å². The Bertz CT molecular complexity index is 476. The molecule has 1 aliphatic heterocycles. The van der Waals surface area contributed by atoms with Gasteiger partial charge < -0.3 is 14.7 Å². The summed E-state index contributed by atoms with van der Waals surface area (Å²) in [7, 11) is 3.80. The van der Waals surface area contributed by atoms with Gasteiger partial charge in [0.25, 0.3) is 0 Å². The number of rotatable bonds is 3. The highest BCUT2D eigenvalue weighted by atomic mass is 16.5. The molecular weight excluding hydrogens is 252 g/mol. The van der Waals surface area contributed by atoms with Gasteiger partial charge >= 0.3 is 0 Å². The first-order valence-corrected chi connectivity index (χ1v) is 7.35. The first-order valence-electron chi connectivity index (χ1n) is 7.35. The summed E-state index contributed by atoms with van der Waals surface area (Å²) in [6.07, 6.45) is 5.14. The molecule has 1 atom stereocenters. The molecule has 0 amide bonds. The molecule has 1 saturated heterocycles. The predicted octanol–water partition coefficient (Wildman–Crippen LogP) is 2.10. The Balaban J connectivity index is 2.20. The summed E-state index contributed by atoms with van der Waals surface area (Å²) < 4.78 is 5.45. The summed E-state index contributed by atoms with van der Waals surface area (Å²) in [5, 5.41) is 10.9. The molecule has 0 bridgehead atoms. The van der Waals surface area contributed by atoms with Crippen LogP contribution in [-0.2, 0) is 6.42 Å². The molecule has 1 aliphatic rings. The third-order valence-electron chi connectivity index (χ3n) is 4.39. The molecule has 0 radical (unpaired) electrons. The van der Waals surface area contributed by atoms with Crippen LogP contribution in [0, 0.1) is 13.8 Å². The van der Waals surface area contributed by atoms with Crippen LogP contribution in [0.3, 0.4) is 0 Å². The Labute approximate surface area is 121 Å². The van der Waals surface area contributed by atoms with Crippen LogP contribution >= 0.6 is 0 Å². The standard InChI is InChI=1S/C16H26N2O2/c1-12-11-17-14(13(2)15(12)20-4)10-16(19)6-5-8-18(3)9-7-16/h11,19H,5-10H2,1-4H3. The van der Waals surface area contributed by atoms with Gasteiger partial charge in [-0.15, -0.1) is 0 Å². The first-order chi connectivity index (χ1) is 9.45. The van der Waals surface area contributed by atoms with Crippen LogP contribution < -0.4 is 4.74 Å². The van der Waals surface area contributed by atoms with E-state index < -0.39 is 5.60 Å². The quantitative estimate of drug-likeness (QED) is 0.919. The van der Waals surface area contributed by atoms with Gasteiger partial charge in [-0.25, -0.2) is 0 Å². The van der Waals surface area contributed by atoms with Crippen molar-refractivity contribution in [2.24, 2.45) is 0 Å². The molecule has 4 nitrogen and oxygen atoms in total. The fraction of sp³-hybridized carbons (Fsp3) is 0.688. The van der Waals surface area contributed by atoms with Crippen LogP contribution in [-0.4, -0.2) is 47.8 Å². The lowest BCUT2D eigenvalue weighted by atomic mass is 9.88. The van der Waals surface area contributed by atoms with Gasteiger partial charge in [0.05, 0.1) is 12.7 Å². The van der Waals surface area contributed by atoms with E-state index in [1.54, 1.807) is 7.11 Å². The lowest BCUT2D eigenvalue weighted by molar-refractivity contribution is 0.0252. The smallest absolute Gasteiger partial charge is 0.128 e. The molecule has 0 aromatic carbocycles. The van der Waals surface area contributed by atoms with E-state index in [-0.39, 0.29) is 0 Å². The van der Waals surface area contributed by atoms with E-state index in [4.69, 9.17) is 4.74 Å². The number of nitrogens with zero attached hydrogens (tertiary/aromatic N) is 2.